The van der Waals surface area contributed by atoms with Crippen molar-refractivity contribution in [2.24, 2.45) is 0 Å². The van der Waals surface area contributed by atoms with Crippen molar-refractivity contribution in [2.45, 2.75) is 6.42 Å². The zero-order chi connectivity index (χ0) is 18.2. The van der Waals surface area contributed by atoms with Crippen molar-refractivity contribution in [3.63, 3.8) is 0 Å². The Balaban J connectivity index is 0.000000207. The van der Waals surface area contributed by atoms with E-state index in [2.05, 4.69) is 84.4 Å². The van der Waals surface area contributed by atoms with E-state index in [4.69, 9.17) is 18.6 Å². The van der Waals surface area contributed by atoms with Gasteiger partial charge in [0, 0.05) is 0 Å². The van der Waals surface area contributed by atoms with E-state index in [-0.39, 0.29) is 7.53 Å². The molecule has 0 N–H and O–H groups in total. The van der Waals surface area contributed by atoms with Crippen LogP contribution in [0, 0.1) is 6.08 Å². The second-order valence-corrected chi connectivity index (χ2v) is 10.1. The van der Waals surface area contributed by atoms with Gasteiger partial charge in [0.1, 0.15) is 0 Å². The molecular weight excluding hydrogens is 414 g/mol. The summed E-state index contributed by atoms with van der Waals surface area (Å²) in [5, 5.41) is 6.94. The Morgan fingerprint density at radius 1 is 0.923 bits per heavy atom. The average molecular weight is 431 g/mol. The Bertz CT molecular complexity index is 879. The molecule has 1 aliphatic carbocycles. The molecule has 4 aromatic rings. The molecule has 26 heavy (non-hydrogen) atoms. The van der Waals surface area contributed by atoms with Crippen LogP contribution in [-0.4, -0.2) is 0 Å². The van der Waals surface area contributed by atoms with Crippen molar-refractivity contribution in [3.8, 4) is 5.30 Å². The third kappa shape index (κ3) is 5.20. The summed E-state index contributed by atoms with van der Waals surface area (Å²) in [6.07, 6.45) is 10.0. The van der Waals surface area contributed by atoms with Gasteiger partial charge in [0.05, 0.1) is 0 Å². The molecule has 0 amide bonds. The van der Waals surface area contributed by atoms with Crippen LogP contribution in [0.3, 0.4) is 0 Å². The predicted molar refractivity (Wildman–Crippen MR) is 114 cm³/mol. The number of allylic oxidation sites excluding steroid dienone is 4. The van der Waals surface area contributed by atoms with E-state index in [9.17, 15) is 0 Å². The summed E-state index contributed by atoms with van der Waals surface area (Å²) in [7, 11) is 9.51. The van der Waals surface area contributed by atoms with Crippen LogP contribution < -0.4 is 0 Å². The molecule has 0 nitrogen and oxygen atoms in total. The van der Waals surface area contributed by atoms with Gasteiger partial charge in [0.25, 0.3) is 0 Å². The van der Waals surface area contributed by atoms with E-state index in [1.165, 1.54) is 26.8 Å². The van der Waals surface area contributed by atoms with Crippen LogP contribution in [0.1, 0.15) is 6.42 Å². The maximum Gasteiger partial charge on any atom is -0.0138 e. The maximum atomic E-state index is 4.89. The van der Waals surface area contributed by atoms with Crippen molar-refractivity contribution in [2.75, 3.05) is 0 Å². The number of rotatable bonds is 1. The summed E-state index contributed by atoms with van der Waals surface area (Å²) < 4.78 is 0. The van der Waals surface area contributed by atoms with Gasteiger partial charge in [-0.15, -0.1) is 49.0 Å². The topological polar surface area (TPSA) is 0 Å². The summed E-state index contributed by atoms with van der Waals surface area (Å²) >= 11 is -0.556. The molecule has 1 aliphatic rings. The van der Waals surface area contributed by atoms with Gasteiger partial charge in [-0.05, 0) is 22.4 Å². The number of fused-ring (bicyclic) bond motifs is 2. The number of benzene rings is 2. The van der Waals surface area contributed by atoms with Crippen LogP contribution in [0.4, 0.5) is 0 Å². The monoisotopic (exact) mass is 430 g/mol. The van der Waals surface area contributed by atoms with Crippen LogP contribution in [0.2, 0.25) is 0 Å². The molecule has 0 unspecified atom stereocenters. The first-order valence-electron chi connectivity index (χ1n) is 8.22. The van der Waals surface area contributed by atoms with E-state index in [0.717, 1.165) is 6.42 Å². The van der Waals surface area contributed by atoms with E-state index in [0.29, 0.717) is 0 Å². The summed E-state index contributed by atoms with van der Waals surface area (Å²) in [5.74, 6) is 4.83. The van der Waals surface area contributed by atoms with Crippen LogP contribution in [0.5, 0.6) is 0 Å². The maximum absolute atomic E-state index is 4.89. The second kappa shape index (κ2) is 10.3. The van der Waals surface area contributed by atoms with Gasteiger partial charge in [-0.25, -0.2) is 12.2 Å². The molecule has 3 aromatic carbocycles. The fourth-order valence-electron chi connectivity index (χ4n) is 2.86. The average Bonchev–Trinajstić information content (AvgIpc) is 3.42. The van der Waals surface area contributed by atoms with Gasteiger partial charge in [-0.3, -0.25) is 6.08 Å². The van der Waals surface area contributed by atoms with Crippen LogP contribution in [0.25, 0.3) is 26.8 Å². The molecule has 0 fully saturated rings. The normalized spacial score (nSPS) is 11.8. The third-order valence-electron chi connectivity index (χ3n) is 4.04. The Hall–Kier alpha value is -1.14. The minimum absolute atomic E-state index is 0.264. The SMILES string of the molecule is [C-]1=CC=CC1.[Cl][Ti][Cl].c1ccc2cp(-c3cc4ccccc4[cH-]3)cc2c1. The molecule has 0 bridgehead atoms. The number of hydrogen-bond acceptors (Lipinski definition) is 0. The Kier molecular flexibility index (Phi) is 7.75. The Morgan fingerprint density at radius 2 is 1.54 bits per heavy atom. The van der Waals surface area contributed by atoms with Gasteiger partial charge in [-0.1, -0.05) is 35.6 Å². The van der Waals surface area contributed by atoms with Gasteiger partial charge in [-0.2, -0.15) is 12.1 Å². The smallest absolute Gasteiger partial charge is 0.0138 e. The molecule has 1 aromatic heterocycles. The standard InChI is InChI=1S/C17H12P.C5H5.2ClH.Ti/c1-2-6-14-10-17(9-13(14)5-1)18-11-15-7-3-4-8-16(15)12-18;1-2-4-5-3-1;;;/h1-12H;1-3H,4H2;2*1H;/q2*-1;;;+2/p-2. The third-order valence-corrected chi connectivity index (χ3v) is 6.01. The molecule has 0 spiro atoms. The van der Waals surface area contributed by atoms with Crippen molar-refractivity contribution < 1.29 is 17.0 Å². The van der Waals surface area contributed by atoms with Crippen molar-refractivity contribution >= 4 is 47.7 Å². The fraction of sp³-hybridized carbons (Fsp3) is 0.0455. The van der Waals surface area contributed by atoms with Gasteiger partial charge < -0.3 is 0 Å². The molecule has 5 rings (SSSR count). The molecule has 0 atom stereocenters. The van der Waals surface area contributed by atoms with Crippen molar-refractivity contribution in [1.82, 2.24) is 0 Å². The molecule has 0 saturated heterocycles. The molecular formula is C22H17Cl2PTi-2. The Morgan fingerprint density at radius 3 is 2.04 bits per heavy atom. The molecule has 4 heteroatoms. The summed E-state index contributed by atoms with van der Waals surface area (Å²) in [4.78, 5) is 0. The number of halogens is 2. The summed E-state index contributed by atoms with van der Waals surface area (Å²) in [5.41, 5.74) is 0. The van der Waals surface area contributed by atoms with Crippen molar-refractivity contribution in [1.29, 1.82) is 0 Å². The molecule has 130 valence electrons. The largest absolute Gasteiger partial charge is 0.157 e. The predicted octanol–water partition coefficient (Wildman–Crippen LogP) is 8.37. The first-order chi connectivity index (χ1) is 12.8. The first kappa shape index (κ1) is 19.6. The van der Waals surface area contributed by atoms with Crippen LogP contribution >= 0.6 is 26.1 Å². The zero-order valence-electron chi connectivity index (χ0n) is 14.1. The Labute approximate surface area is 172 Å². The minimum Gasteiger partial charge on any atom is -0.157 e. The van der Waals surface area contributed by atoms with Gasteiger partial charge in [0.15, 0.2) is 0 Å². The van der Waals surface area contributed by atoms with E-state index < -0.39 is 17.0 Å². The van der Waals surface area contributed by atoms with Crippen LogP contribution in [-0.2, 0) is 17.0 Å². The summed E-state index contributed by atoms with van der Waals surface area (Å²) in [6, 6.07) is 21.9. The molecule has 0 aliphatic heterocycles. The molecule has 1 heterocycles. The van der Waals surface area contributed by atoms with E-state index >= 15 is 0 Å². The fourth-order valence-corrected chi connectivity index (χ4v) is 4.87. The summed E-state index contributed by atoms with van der Waals surface area (Å²) in [6.45, 7) is 0. The van der Waals surface area contributed by atoms with Gasteiger partial charge in [0.2, 0.25) is 0 Å². The molecule has 0 radical (unpaired) electrons. The minimum atomic E-state index is -0.556. The van der Waals surface area contributed by atoms with E-state index in [1.54, 1.807) is 0 Å². The first-order valence-corrected chi connectivity index (χ1v) is 14.0. The van der Waals surface area contributed by atoms with Crippen LogP contribution in [0.15, 0.2) is 90.5 Å². The van der Waals surface area contributed by atoms with Crippen molar-refractivity contribution in [3.05, 3.63) is 96.6 Å². The quantitative estimate of drug-likeness (QED) is 0.210. The zero-order valence-corrected chi connectivity index (χ0v) is 18.0. The van der Waals surface area contributed by atoms with E-state index in [1.807, 2.05) is 12.2 Å². The second-order valence-electron chi connectivity index (χ2n) is 5.71. The number of hydrogen-bond donors (Lipinski definition) is 0. The van der Waals surface area contributed by atoms with Gasteiger partial charge >= 0.3 is 35.6 Å². The molecule has 0 saturated carbocycles.